The van der Waals surface area contributed by atoms with Crippen LogP contribution in [0.3, 0.4) is 0 Å². The summed E-state index contributed by atoms with van der Waals surface area (Å²) in [6.45, 7) is 13.5. The third-order valence-corrected chi connectivity index (χ3v) is 8.84. The monoisotopic (exact) mass is 540 g/mol. The molecular formula is C28H34Cl2N6O. The van der Waals surface area contributed by atoms with Gasteiger partial charge >= 0.3 is 6.03 Å². The van der Waals surface area contributed by atoms with Gasteiger partial charge < -0.3 is 20.0 Å². The minimum Gasteiger partial charge on any atom is -0.321 e. The van der Waals surface area contributed by atoms with Crippen molar-refractivity contribution in [3.8, 4) is 0 Å². The number of benzene rings is 1. The molecule has 1 saturated heterocycles. The molecule has 1 aromatic carbocycles. The number of urea groups is 1. The third-order valence-electron chi connectivity index (χ3n) is 8.45. The smallest absolute Gasteiger partial charge is 0.321 e. The number of pyridine rings is 1. The molecule has 0 spiro atoms. The summed E-state index contributed by atoms with van der Waals surface area (Å²) in [7, 11) is 2.18. The standard InChI is InChI=1S/C28H34Cl2N6O/c1-31-21-7-5-20(6-8-21)28-10-9-24(23(28)19-28)36(12-4-3-11-35-15-13-34(2)14-16-35)27(37)32-22-17-25(29)33-26(30)18-22/h5-8,17-18,23-24H,3-4,9-16,19H2,2H3,(H,32,33,37)/t23-,24-,28-/m1/s1. The minimum atomic E-state index is -0.103. The number of anilines is 1. The van der Waals surface area contributed by atoms with Crippen molar-refractivity contribution in [3.63, 3.8) is 0 Å². The van der Waals surface area contributed by atoms with Crippen molar-refractivity contribution >= 4 is 40.6 Å². The molecule has 37 heavy (non-hydrogen) atoms. The number of aromatic nitrogens is 1. The number of carbonyl (C=O) groups excluding carboxylic acids is 1. The van der Waals surface area contributed by atoms with Crippen molar-refractivity contribution in [1.82, 2.24) is 19.7 Å². The molecule has 2 amide bonds. The fraction of sp³-hybridized carbons (Fsp3) is 0.536. The lowest BCUT2D eigenvalue weighted by Crippen LogP contribution is -2.45. The van der Waals surface area contributed by atoms with Crippen LogP contribution < -0.4 is 5.32 Å². The van der Waals surface area contributed by atoms with Gasteiger partial charge in [-0.1, -0.05) is 47.5 Å². The molecule has 2 heterocycles. The average Bonchev–Trinajstić information content (AvgIpc) is 3.50. The van der Waals surface area contributed by atoms with Crippen molar-refractivity contribution in [2.75, 3.05) is 51.6 Å². The number of halogens is 2. The predicted molar refractivity (Wildman–Crippen MR) is 149 cm³/mol. The second-order valence-corrected chi connectivity index (χ2v) is 11.5. The number of unbranched alkanes of at least 4 members (excludes halogenated alkanes) is 1. The van der Waals surface area contributed by atoms with Crippen LogP contribution in [0.15, 0.2) is 36.4 Å². The van der Waals surface area contributed by atoms with Crippen molar-refractivity contribution < 1.29 is 4.79 Å². The Hall–Kier alpha value is -2.37. The SMILES string of the molecule is [C-]#[N+]c1ccc([C@]23CC[C@@H](N(CCCCN4CCN(C)CC4)C(=O)Nc4cc(Cl)nc(Cl)c4)[C@H]2C3)cc1. The quantitative estimate of drug-likeness (QED) is 0.256. The first-order valence-corrected chi connectivity index (χ1v) is 13.9. The molecule has 1 N–H and O–H groups in total. The van der Waals surface area contributed by atoms with Gasteiger partial charge in [0.2, 0.25) is 0 Å². The maximum atomic E-state index is 13.6. The number of nitrogens with one attached hydrogen (secondary N) is 1. The summed E-state index contributed by atoms with van der Waals surface area (Å²) >= 11 is 12.2. The average molecular weight is 542 g/mol. The van der Waals surface area contributed by atoms with Crippen LogP contribution in [0.25, 0.3) is 4.85 Å². The summed E-state index contributed by atoms with van der Waals surface area (Å²) in [5.41, 5.74) is 2.66. The number of hydrogen-bond donors (Lipinski definition) is 1. The summed E-state index contributed by atoms with van der Waals surface area (Å²) in [6.07, 6.45) is 5.18. The van der Waals surface area contributed by atoms with Gasteiger partial charge in [0.1, 0.15) is 10.3 Å². The molecule has 0 radical (unpaired) electrons. The number of fused-ring (bicyclic) bond motifs is 1. The van der Waals surface area contributed by atoms with Crippen LogP contribution in [0.4, 0.5) is 16.2 Å². The van der Waals surface area contributed by atoms with Crippen LogP contribution in [-0.4, -0.2) is 78.1 Å². The topological polar surface area (TPSA) is 56.1 Å². The number of likely N-dealkylation sites (N-methyl/N-ethyl adjacent to an activating group) is 1. The molecule has 2 saturated carbocycles. The molecule has 2 aliphatic carbocycles. The van der Waals surface area contributed by atoms with Crippen LogP contribution in [0.2, 0.25) is 10.3 Å². The van der Waals surface area contributed by atoms with Gasteiger partial charge in [-0.15, -0.1) is 0 Å². The summed E-state index contributed by atoms with van der Waals surface area (Å²) in [4.78, 5) is 28.1. The van der Waals surface area contributed by atoms with E-state index < -0.39 is 0 Å². The van der Waals surface area contributed by atoms with Crippen molar-refractivity contribution in [1.29, 1.82) is 0 Å². The van der Waals surface area contributed by atoms with Gasteiger partial charge in [0, 0.05) is 49.9 Å². The largest absolute Gasteiger partial charge is 0.322 e. The Morgan fingerprint density at radius 1 is 1.16 bits per heavy atom. The first-order chi connectivity index (χ1) is 17.9. The first kappa shape index (κ1) is 26.2. The summed E-state index contributed by atoms with van der Waals surface area (Å²) in [5, 5.41) is 3.54. The zero-order valence-electron chi connectivity index (χ0n) is 21.3. The maximum absolute atomic E-state index is 13.6. The van der Waals surface area contributed by atoms with E-state index in [0.717, 1.165) is 71.4 Å². The van der Waals surface area contributed by atoms with Crippen LogP contribution >= 0.6 is 23.2 Å². The number of rotatable bonds is 8. The van der Waals surface area contributed by atoms with E-state index in [-0.39, 0.29) is 27.8 Å². The van der Waals surface area contributed by atoms with Gasteiger partial charge in [0.15, 0.2) is 5.69 Å². The highest BCUT2D eigenvalue weighted by Crippen LogP contribution is 2.65. The zero-order valence-corrected chi connectivity index (χ0v) is 22.8. The highest BCUT2D eigenvalue weighted by molar-refractivity contribution is 6.33. The van der Waals surface area contributed by atoms with Crippen LogP contribution in [-0.2, 0) is 5.41 Å². The second-order valence-electron chi connectivity index (χ2n) is 10.7. The predicted octanol–water partition coefficient (Wildman–Crippen LogP) is 5.92. The lowest BCUT2D eigenvalue weighted by Gasteiger charge is -2.33. The van der Waals surface area contributed by atoms with E-state index >= 15 is 0 Å². The minimum absolute atomic E-state index is 0.103. The molecule has 0 unspecified atom stereocenters. The highest BCUT2D eigenvalue weighted by Gasteiger charge is 2.63. The van der Waals surface area contributed by atoms with Crippen molar-refractivity contribution in [3.05, 3.63) is 63.7 Å². The molecule has 5 rings (SSSR count). The number of carbonyl (C=O) groups is 1. The molecule has 3 fully saturated rings. The van der Waals surface area contributed by atoms with Crippen LogP contribution in [0.5, 0.6) is 0 Å². The van der Waals surface area contributed by atoms with Gasteiger partial charge in [0.25, 0.3) is 0 Å². The lowest BCUT2D eigenvalue weighted by molar-refractivity contribution is 0.147. The van der Waals surface area contributed by atoms with Gasteiger partial charge in [-0.05, 0) is 69.3 Å². The lowest BCUT2D eigenvalue weighted by atomic mass is 9.93. The molecule has 1 aliphatic heterocycles. The van der Waals surface area contributed by atoms with Crippen LogP contribution in [0.1, 0.15) is 37.7 Å². The van der Waals surface area contributed by atoms with Gasteiger partial charge in [0.05, 0.1) is 6.57 Å². The second kappa shape index (κ2) is 11.2. The summed E-state index contributed by atoms with van der Waals surface area (Å²) in [5.74, 6) is 0.444. The van der Waals surface area contributed by atoms with E-state index in [0.29, 0.717) is 17.3 Å². The van der Waals surface area contributed by atoms with Crippen molar-refractivity contribution in [2.45, 2.75) is 43.6 Å². The van der Waals surface area contributed by atoms with Crippen LogP contribution in [0, 0.1) is 12.5 Å². The molecular weight excluding hydrogens is 507 g/mol. The molecule has 3 aliphatic rings. The number of hydrogen-bond acceptors (Lipinski definition) is 4. The fourth-order valence-electron chi connectivity index (χ4n) is 6.29. The highest BCUT2D eigenvalue weighted by atomic mass is 35.5. The summed E-state index contributed by atoms with van der Waals surface area (Å²) in [6, 6.07) is 11.4. The molecule has 3 atom stereocenters. The normalized spacial score (nSPS) is 25.4. The Kier molecular flexibility index (Phi) is 7.92. The Morgan fingerprint density at radius 2 is 1.86 bits per heavy atom. The van der Waals surface area contributed by atoms with E-state index in [1.165, 1.54) is 5.56 Å². The Morgan fingerprint density at radius 3 is 2.51 bits per heavy atom. The third kappa shape index (κ3) is 5.88. The maximum Gasteiger partial charge on any atom is 0.322 e. The first-order valence-electron chi connectivity index (χ1n) is 13.2. The Bertz CT molecular complexity index is 1140. The molecule has 0 bridgehead atoms. The summed E-state index contributed by atoms with van der Waals surface area (Å²) < 4.78 is 0. The van der Waals surface area contributed by atoms with E-state index in [1.807, 2.05) is 12.1 Å². The number of piperazine rings is 1. The van der Waals surface area contributed by atoms with Crippen molar-refractivity contribution in [2.24, 2.45) is 5.92 Å². The molecule has 7 nitrogen and oxygen atoms in total. The van der Waals surface area contributed by atoms with E-state index in [4.69, 9.17) is 29.8 Å². The number of amides is 2. The Balaban J connectivity index is 1.26. The molecule has 2 aromatic rings. The molecule has 1 aromatic heterocycles. The van der Waals surface area contributed by atoms with E-state index in [2.05, 4.69) is 49.0 Å². The molecule has 9 heteroatoms. The molecule has 196 valence electrons. The number of nitrogens with zero attached hydrogens (tertiary/aromatic N) is 5. The van der Waals surface area contributed by atoms with Gasteiger partial charge in [-0.3, -0.25) is 0 Å². The van der Waals surface area contributed by atoms with Gasteiger partial charge in [-0.2, -0.15) is 0 Å². The Labute approximate surface area is 229 Å². The fourth-order valence-corrected chi connectivity index (χ4v) is 6.75. The zero-order chi connectivity index (χ0) is 26.0. The van der Waals surface area contributed by atoms with E-state index in [9.17, 15) is 4.79 Å². The van der Waals surface area contributed by atoms with E-state index in [1.54, 1.807) is 12.1 Å². The van der Waals surface area contributed by atoms with Gasteiger partial charge in [-0.25, -0.2) is 14.6 Å².